The van der Waals surface area contributed by atoms with Crippen molar-refractivity contribution >= 4 is 38.1 Å². The number of ether oxygens (including phenoxy) is 1. The molecule has 0 saturated heterocycles. The van der Waals surface area contributed by atoms with Gasteiger partial charge in [0.2, 0.25) is 5.13 Å². The van der Waals surface area contributed by atoms with E-state index < -0.39 is 5.82 Å². The lowest BCUT2D eigenvalue weighted by molar-refractivity contribution is 0.302. The highest BCUT2D eigenvalue weighted by Gasteiger charge is 2.11. The summed E-state index contributed by atoms with van der Waals surface area (Å²) in [6.45, 7) is 2.42. The number of nitrogen functional groups attached to an aromatic ring is 1. The molecule has 0 unspecified atom stereocenters. The van der Waals surface area contributed by atoms with Crippen molar-refractivity contribution in [1.82, 2.24) is 4.98 Å². The number of hydrazine groups is 1. The molecule has 0 aliphatic heterocycles. The van der Waals surface area contributed by atoms with E-state index in [0.717, 1.165) is 11.1 Å². The molecule has 0 amide bonds. The zero-order valence-corrected chi connectivity index (χ0v) is 13.8. The number of anilines is 3. The average Bonchev–Trinajstić information content (AvgIpc) is 2.93. The summed E-state index contributed by atoms with van der Waals surface area (Å²) < 4.78 is 20.1. The molecule has 0 bridgehead atoms. The molecule has 0 aliphatic carbocycles. The smallest absolute Gasteiger partial charge is 0.202 e. The van der Waals surface area contributed by atoms with E-state index in [9.17, 15) is 9.50 Å². The molecule has 3 rings (SSSR count). The van der Waals surface area contributed by atoms with Crippen molar-refractivity contribution in [1.29, 1.82) is 0 Å². The number of halogens is 1. The maximum absolute atomic E-state index is 14.0. The first-order valence-electron chi connectivity index (χ1n) is 7.40. The molecule has 6 nitrogen and oxygen atoms in total. The number of phenolic OH excluding ortho intramolecular Hbond substituents is 1. The zero-order chi connectivity index (χ0) is 17.1. The van der Waals surface area contributed by atoms with Gasteiger partial charge in [0, 0.05) is 23.9 Å². The van der Waals surface area contributed by atoms with Gasteiger partial charge in [0.15, 0.2) is 11.6 Å². The van der Waals surface area contributed by atoms with Crippen LogP contribution in [0, 0.1) is 5.82 Å². The number of aromatic hydroxyl groups is 1. The molecule has 24 heavy (non-hydrogen) atoms. The van der Waals surface area contributed by atoms with Crippen LogP contribution in [-0.2, 0) is 0 Å². The SMILES string of the molecule is CCCOc1cc2sc(NNc3ccc(N)cc3O)nc2cc1F. The van der Waals surface area contributed by atoms with Crippen molar-refractivity contribution < 1.29 is 14.2 Å². The number of nitrogens with one attached hydrogen (secondary N) is 2. The van der Waals surface area contributed by atoms with Crippen LogP contribution in [0.4, 0.5) is 20.9 Å². The molecule has 0 spiro atoms. The third kappa shape index (κ3) is 3.43. The predicted octanol–water partition coefficient (Wildman–Crippen LogP) is 3.95. The molecule has 1 aromatic heterocycles. The zero-order valence-electron chi connectivity index (χ0n) is 13.0. The summed E-state index contributed by atoms with van der Waals surface area (Å²) in [5.74, 6) is -0.189. The number of rotatable bonds is 6. The fourth-order valence-corrected chi connectivity index (χ4v) is 2.91. The van der Waals surface area contributed by atoms with Crippen LogP contribution >= 0.6 is 11.3 Å². The molecule has 0 atom stereocenters. The third-order valence-corrected chi connectivity index (χ3v) is 4.16. The van der Waals surface area contributed by atoms with E-state index in [1.54, 1.807) is 18.2 Å². The summed E-state index contributed by atoms with van der Waals surface area (Å²) >= 11 is 1.34. The first kappa shape index (κ1) is 16.1. The van der Waals surface area contributed by atoms with Gasteiger partial charge in [0.05, 0.1) is 22.5 Å². The fraction of sp³-hybridized carbons (Fsp3) is 0.188. The van der Waals surface area contributed by atoms with Gasteiger partial charge in [0.25, 0.3) is 0 Å². The fourth-order valence-electron chi connectivity index (χ4n) is 2.08. The molecule has 2 aromatic carbocycles. The van der Waals surface area contributed by atoms with Crippen molar-refractivity contribution in [3.63, 3.8) is 0 Å². The van der Waals surface area contributed by atoms with Crippen LogP contribution in [0.15, 0.2) is 30.3 Å². The molecule has 0 aliphatic rings. The van der Waals surface area contributed by atoms with Crippen molar-refractivity contribution in [3.05, 3.63) is 36.1 Å². The summed E-state index contributed by atoms with van der Waals surface area (Å²) in [6.07, 6.45) is 0.808. The van der Waals surface area contributed by atoms with Crippen molar-refractivity contribution in [3.8, 4) is 11.5 Å². The van der Waals surface area contributed by atoms with Crippen LogP contribution in [-0.4, -0.2) is 16.7 Å². The van der Waals surface area contributed by atoms with Gasteiger partial charge in [-0.05, 0) is 18.6 Å². The van der Waals surface area contributed by atoms with Gasteiger partial charge in [-0.15, -0.1) is 0 Å². The second-order valence-corrected chi connectivity index (χ2v) is 6.18. The largest absolute Gasteiger partial charge is 0.506 e. The standard InChI is InChI=1S/C16H17FN4O2S/c1-2-5-23-14-8-15-12(7-10(14)17)19-16(24-15)21-20-11-4-3-9(18)6-13(11)22/h3-4,6-8,20,22H,2,5,18H2,1H3,(H,19,21). The molecular weight excluding hydrogens is 331 g/mol. The number of hydrogen-bond acceptors (Lipinski definition) is 7. The summed E-state index contributed by atoms with van der Waals surface area (Å²) in [7, 11) is 0. The molecule has 3 aromatic rings. The molecule has 0 fully saturated rings. The Hall–Kier alpha value is -2.74. The molecule has 1 heterocycles. The molecule has 0 saturated carbocycles. The molecular formula is C16H17FN4O2S. The quantitative estimate of drug-likeness (QED) is 0.306. The number of nitrogens with zero attached hydrogens (tertiary/aromatic N) is 1. The molecule has 126 valence electrons. The first-order valence-corrected chi connectivity index (χ1v) is 8.22. The van der Waals surface area contributed by atoms with Crippen LogP contribution < -0.4 is 21.3 Å². The van der Waals surface area contributed by atoms with Gasteiger partial charge in [-0.25, -0.2) is 9.37 Å². The number of fused-ring (bicyclic) bond motifs is 1. The Balaban J connectivity index is 1.77. The monoisotopic (exact) mass is 348 g/mol. The van der Waals surface area contributed by atoms with E-state index in [2.05, 4.69) is 15.8 Å². The highest BCUT2D eigenvalue weighted by Crippen LogP contribution is 2.32. The van der Waals surface area contributed by atoms with E-state index in [1.165, 1.54) is 23.5 Å². The van der Waals surface area contributed by atoms with Crippen molar-refractivity contribution in [2.24, 2.45) is 0 Å². The van der Waals surface area contributed by atoms with Crippen LogP contribution in [0.3, 0.4) is 0 Å². The van der Waals surface area contributed by atoms with Gasteiger partial charge < -0.3 is 15.6 Å². The summed E-state index contributed by atoms with van der Waals surface area (Å²) in [6, 6.07) is 7.73. The number of benzene rings is 2. The topological polar surface area (TPSA) is 92.4 Å². The minimum Gasteiger partial charge on any atom is -0.506 e. The first-order chi connectivity index (χ1) is 11.6. The average molecular weight is 348 g/mol. The Morgan fingerprint density at radius 3 is 2.88 bits per heavy atom. The molecule has 5 N–H and O–H groups in total. The Labute approximate surface area is 142 Å². The third-order valence-electron chi connectivity index (χ3n) is 3.23. The van der Waals surface area contributed by atoms with Crippen LogP contribution in [0.25, 0.3) is 10.2 Å². The second-order valence-electron chi connectivity index (χ2n) is 5.14. The predicted molar refractivity (Wildman–Crippen MR) is 95.1 cm³/mol. The van der Waals surface area contributed by atoms with Gasteiger partial charge in [-0.2, -0.15) is 0 Å². The van der Waals surface area contributed by atoms with Gasteiger partial charge in [0.1, 0.15) is 5.75 Å². The Kier molecular flexibility index (Phi) is 4.57. The lowest BCUT2D eigenvalue weighted by atomic mass is 10.2. The number of phenols is 1. The van der Waals surface area contributed by atoms with E-state index in [-0.39, 0.29) is 11.5 Å². The van der Waals surface area contributed by atoms with Gasteiger partial charge in [-0.1, -0.05) is 18.3 Å². The lowest BCUT2D eigenvalue weighted by Crippen LogP contribution is -2.08. The highest BCUT2D eigenvalue weighted by molar-refractivity contribution is 7.22. The number of nitrogens with two attached hydrogens (primary N) is 1. The molecule has 0 radical (unpaired) electrons. The van der Waals surface area contributed by atoms with Gasteiger partial charge >= 0.3 is 0 Å². The summed E-state index contributed by atoms with van der Waals surface area (Å²) in [5.41, 5.74) is 12.8. The number of thiazole rings is 1. The summed E-state index contributed by atoms with van der Waals surface area (Å²) in [5, 5.41) is 10.3. The van der Waals surface area contributed by atoms with Crippen molar-refractivity contribution in [2.75, 3.05) is 23.2 Å². The van der Waals surface area contributed by atoms with E-state index in [1.807, 2.05) is 6.92 Å². The number of aromatic nitrogens is 1. The summed E-state index contributed by atoms with van der Waals surface area (Å²) in [4.78, 5) is 4.30. The van der Waals surface area contributed by atoms with Crippen LogP contribution in [0.2, 0.25) is 0 Å². The minimum absolute atomic E-state index is 0.0184. The second kappa shape index (κ2) is 6.79. The minimum atomic E-state index is -0.433. The van der Waals surface area contributed by atoms with Crippen LogP contribution in [0.5, 0.6) is 11.5 Å². The van der Waals surface area contributed by atoms with Gasteiger partial charge in [-0.3, -0.25) is 10.9 Å². The Morgan fingerprint density at radius 2 is 2.12 bits per heavy atom. The maximum Gasteiger partial charge on any atom is 0.202 e. The normalized spacial score (nSPS) is 10.8. The number of hydrogen-bond donors (Lipinski definition) is 4. The highest BCUT2D eigenvalue weighted by atomic mass is 32.1. The van der Waals surface area contributed by atoms with Crippen LogP contribution in [0.1, 0.15) is 13.3 Å². The lowest BCUT2D eigenvalue weighted by Gasteiger charge is -2.08. The Bertz CT molecular complexity index is 869. The van der Waals surface area contributed by atoms with E-state index in [0.29, 0.717) is 28.6 Å². The van der Waals surface area contributed by atoms with E-state index >= 15 is 0 Å². The maximum atomic E-state index is 14.0. The van der Waals surface area contributed by atoms with Crippen molar-refractivity contribution in [2.45, 2.75) is 13.3 Å². The Morgan fingerprint density at radius 1 is 1.29 bits per heavy atom. The van der Waals surface area contributed by atoms with E-state index in [4.69, 9.17) is 10.5 Å². The molecule has 8 heteroatoms.